The number of nitrogens with one attached hydrogen (secondary N) is 2. The first-order valence-electron chi connectivity index (χ1n) is 9.65. The van der Waals surface area contributed by atoms with Crippen molar-refractivity contribution in [1.29, 1.82) is 0 Å². The lowest BCUT2D eigenvalue weighted by Gasteiger charge is -2.15. The van der Waals surface area contributed by atoms with Crippen LogP contribution >= 0.6 is 11.3 Å². The molecular formula is C19H27N5O2S. The summed E-state index contributed by atoms with van der Waals surface area (Å²) in [5.41, 5.74) is 0.918. The highest BCUT2D eigenvalue weighted by Gasteiger charge is 2.20. The van der Waals surface area contributed by atoms with Gasteiger partial charge in [0.15, 0.2) is 0 Å². The second-order valence-corrected chi connectivity index (χ2v) is 7.83. The second-order valence-electron chi connectivity index (χ2n) is 6.83. The van der Waals surface area contributed by atoms with Crippen LogP contribution in [0.2, 0.25) is 0 Å². The molecule has 0 saturated carbocycles. The van der Waals surface area contributed by atoms with Gasteiger partial charge >= 0.3 is 0 Å². The zero-order valence-corrected chi connectivity index (χ0v) is 16.8. The predicted octanol–water partition coefficient (Wildman–Crippen LogP) is 2.95. The smallest absolute Gasteiger partial charge is 0.261 e. The van der Waals surface area contributed by atoms with Crippen molar-refractivity contribution in [2.75, 3.05) is 31.5 Å². The maximum atomic E-state index is 12.5. The maximum absolute atomic E-state index is 12.5. The Labute approximate surface area is 163 Å². The minimum atomic E-state index is -0.0394. The summed E-state index contributed by atoms with van der Waals surface area (Å²) in [5, 5.41) is 7.25. The molecule has 0 radical (unpaired) electrons. The molecule has 2 N–H and O–H groups in total. The van der Waals surface area contributed by atoms with Crippen LogP contribution in [0.25, 0.3) is 10.2 Å². The van der Waals surface area contributed by atoms with E-state index in [-0.39, 0.29) is 11.8 Å². The molecule has 0 spiro atoms. The van der Waals surface area contributed by atoms with Gasteiger partial charge in [0.05, 0.1) is 10.3 Å². The van der Waals surface area contributed by atoms with Crippen molar-refractivity contribution in [1.82, 2.24) is 20.2 Å². The number of carbonyl (C=O) groups excluding carboxylic acids is 2. The lowest BCUT2D eigenvalue weighted by atomic mass is 10.2. The number of aromatic nitrogens is 2. The van der Waals surface area contributed by atoms with E-state index in [4.69, 9.17) is 0 Å². The second kappa shape index (κ2) is 9.12. The largest absolute Gasteiger partial charge is 0.369 e. The SMILES string of the molecule is CCCCNC(=O)c1sc2ncnc(NCCCN3CCCC3=O)c2c1C. The van der Waals surface area contributed by atoms with Crippen LogP contribution in [-0.2, 0) is 4.79 Å². The number of unbranched alkanes of at least 4 members (excludes halogenated alkanes) is 1. The quantitative estimate of drug-likeness (QED) is 0.644. The van der Waals surface area contributed by atoms with E-state index < -0.39 is 0 Å². The Bertz CT molecular complexity index is 820. The Kier molecular flexibility index (Phi) is 6.60. The molecule has 2 aromatic heterocycles. The zero-order chi connectivity index (χ0) is 19.2. The van der Waals surface area contributed by atoms with Crippen LogP contribution in [0.4, 0.5) is 5.82 Å². The van der Waals surface area contributed by atoms with Crippen molar-refractivity contribution in [3.63, 3.8) is 0 Å². The number of nitrogens with zero attached hydrogens (tertiary/aromatic N) is 3. The van der Waals surface area contributed by atoms with Gasteiger partial charge in [0.25, 0.3) is 5.91 Å². The molecular weight excluding hydrogens is 362 g/mol. The van der Waals surface area contributed by atoms with Gasteiger partial charge in [0.1, 0.15) is 17.0 Å². The molecule has 3 heterocycles. The average Bonchev–Trinajstić information content (AvgIpc) is 3.22. The minimum absolute atomic E-state index is 0.0394. The zero-order valence-electron chi connectivity index (χ0n) is 16.0. The highest BCUT2D eigenvalue weighted by atomic mass is 32.1. The normalized spacial score (nSPS) is 14.1. The van der Waals surface area contributed by atoms with Crippen molar-refractivity contribution >= 4 is 39.2 Å². The average molecular weight is 390 g/mol. The number of carbonyl (C=O) groups is 2. The van der Waals surface area contributed by atoms with E-state index in [2.05, 4.69) is 27.5 Å². The lowest BCUT2D eigenvalue weighted by molar-refractivity contribution is -0.127. The standard InChI is InChI=1S/C19H27N5O2S/c1-3-4-8-21-18(26)16-13(2)15-17(22-12-23-19(15)27-16)20-9-6-11-24-10-5-7-14(24)25/h12H,3-11H2,1-2H3,(H,21,26)(H,20,22,23). The molecule has 0 aromatic carbocycles. The van der Waals surface area contributed by atoms with Crippen LogP contribution in [0.3, 0.4) is 0 Å². The van der Waals surface area contributed by atoms with Crippen molar-refractivity contribution in [3.05, 3.63) is 16.8 Å². The molecule has 8 heteroatoms. The van der Waals surface area contributed by atoms with Crippen molar-refractivity contribution in [2.24, 2.45) is 0 Å². The first kappa shape index (κ1) is 19.5. The highest BCUT2D eigenvalue weighted by molar-refractivity contribution is 7.20. The number of aryl methyl sites for hydroxylation is 1. The fourth-order valence-corrected chi connectivity index (χ4v) is 4.36. The number of likely N-dealkylation sites (tertiary alicyclic amines) is 1. The third-order valence-corrected chi connectivity index (χ3v) is 6.02. The van der Waals surface area contributed by atoms with Crippen molar-refractivity contribution in [3.8, 4) is 0 Å². The fourth-order valence-electron chi connectivity index (χ4n) is 3.30. The molecule has 1 saturated heterocycles. The molecule has 1 fully saturated rings. The van der Waals surface area contributed by atoms with Gasteiger partial charge in [0.2, 0.25) is 5.91 Å². The fraction of sp³-hybridized carbons (Fsp3) is 0.579. The number of hydrogen-bond donors (Lipinski definition) is 2. The summed E-state index contributed by atoms with van der Waals surface area (Å²) in [4.78, 5) is 36.3. The number of hydrogen-bond acceptors (Lipinski definition) is 6. The lowest BCUT2D eigenvalue weighted by Crippen LogP contribution is -2.27. The van der Waals surface area contributed by atoms with E-state index in [1.165, 1.54) is 17.7 Å². The van der Waals surface area contributed by atoms with E-state index in [1.54, 1.807) is 0 Å². The van der Waals surface area contributed by atoms with Gasteiger partial charge in [0, 0.05) is 32.6 Å². The number of thiophene rings is 1. The number of anilines is 1. The van der Waals surface area contributed by atoms with Crippen LogP contribution in [0, 0.1) is 6.92 Å². The first-order valence-corrected chi connectivity index (χ1v) is 10.5. The van der Waals surface area contributed by atoms with Crippen LogP contribution in [-0.4, -0.2) is 52.9 Å². The molecule has 0 bridgehead atoms. The Morgan fingerprint density at radius 3 is 2.89 bits per heavy atom. The molecule has 0 atom stereocenters. The Hall–Kier alpha value is -2.22. The molecule has 27 heavy (non-hydrogen) atoms. The monoisotopic (exact) mass is 389 g/mol. The summed E-state index contributed by atoms with van der Waals surface area (Å²) in [6.07, 6.45) is 6.07. The Morgan fingerprint density at radius 1 is 1.30 bits per heavy atom. The van der Waals surface area contributed by atoms with Crippen LogP contribution < -0.4 is 10.6 Å². The Morgan fingerprint density at radius 2 is 2.15 bits per heavy atom. The molecule has 0 unspecified atom stereocenters. The van der Waals surface area contributed by atoms with Crippen LogP contribution in [0.1, 0.15) is 54.3 Å². The van der Waals surface area contributed by atoms with Crippen LogP contribution in [0.5, 0.6) is 0 Å². The molecule has 1 aliphatic heterocycles. The van der Waals surface area contributed by atoms with E-state index in [9.17, 15) is 9.59 Å². The number of fused-ring (bicyclic) bond motifs is 1. The molecule has 2 aromatic rings. The molecule has 146 valence electrons. The van der Waals surface area contributed by atoms with Gasteiger partial charge < -0.3 is 15.5 Å². The molecule has 1 aliphatic rings. The molecule has 0 aliphatic carbocycles. The maximum Gasteiger partial charge on any atom is 0.261 e. The summed E-state index contributed by atoms with van der Waals surface area (Å²) < 4.78 is 0. The van der Waals surface area contributed by atoms with E-state index >= 15 is 0 Å². The third-order valence-electron chi connectivity index (χ3n) is 4.82. The van der Waals surface area contributed by atoms with Crippen molar-refractivity contribution < 1.29 is 9.59 Å². The first-order chi connectivity index (χ1) is 13.1. The van der Waals surface area contributed by atoms with Crippen molar-refractivity contribution in [2.45, 2.75) is 46.0 Å². The van der Waals surface area contributed by atoms with Gasteiger partial charge in [-0.05, 0) is 31.7 Å². The molecule has 2 amide bonds. The van der Waals surface area contributed by atoms with Gasteiger partial charge in [-0.2, -0.15) is 0 Å². The summed E-state index contributed by atoms with van der Waals surface area (Å²) in [6, 6.07) is 0. The van der Waals surface area contributed by atoms with Gasteiger partial charge in [-0.3, -0.25) is 9.59 Å². The summed E-state index contributed by atoms with van der Waals surface area (Å²) in [5.74, 6) is 0.975. The number of rotatable bonds is 9. The van der Waals surface area contributed by atoms with Gasteiger partial charge in [-0.1, -0.05) is 13.3 Å². The predicted molar refractivity (Wildman–Crippen MR) is 108 cm³/mol. The van der Waals surface area contributed by atoms with E-state index in [0.717, 1.165) is 66.9 Å². The van der Waals surface area contributed by atoms with Crippen LogP contribution in [0.15, 0.2) is 6.33 Å². The van der Waals surface area contributed by atoms with E-state index in [0.29, 0.717) is 17.8 Å². The summed E-state index contributed by atoms with van der Waals surface area (Å²) in [6.45, 7) is 7.11. The molecule has 7 nitrogen and oxygen atoms in total. The molecule has 3 rings (SSSR count). The Balaban J connectivity index is 1.65. The topological polar surface area (TPSA) is 87.2 Å². The minimum Gasteiger partial charge on any atom is -0.369 e. The summed E-state index contributed by atoms with van der Waals surface area (Å²) in [7, 11) is 0. The highest BCUT2D eigenvalue weighted by Crippen LogP contribution is 2.33. The van der Waals surface area contributed by atoms with E-state index in [1.807, 2.05) is 11.8 Å². The third kappa shape index (κ3) is 4.55. The van der Waals surface area contributed by atoms with Gasteiger partial charge in [-0.25, -0.2) is 9.97 Å². The van der Waals surface area contributed by atoms with Gasteiger partial charge in [-0.15, -0.1) is 11.3 Å². The number of amides is 2. The summed E-state index contributed by atoms with van der Waals surface area (Å²) >= 11 is 1.41.